The van der Waals surface area contributed by atoms with Crippen LogP contribution in [0.1, 0.15) is 56.9 Å². The van der Waals surface area contributed by atoms with E-state index < -0.39 is 0 Å². The van der Waals surface area contributed by atoms with E-state index in [2.05, 4.69) is 42.5 Å². The Bertz CT molecular complexity index is 505. The fourth-order valence-electron chi connectivity index (χ4n) is 3.05. The SMILES string of the molecule is C1=CCC(CCCCCCOc2ccc(CC3CC3)cc2)=C1. The second kappa shape index (κ2) is 8.22. The number of hydrogen-bond acceptors (Lipinski definition) is 1. The van der Waals surface area contributed by atoms with Gasteiger partial charge in [0.25, 0.3) is 0 Å². The van der Waals surface area contributed by atoms with Crippen LogP contribution in [-0.2, 0) is 6.42 Å². The minimum absolute atomic E-state index is 0.853. The topological polar surface area (TPSA) is 9.23 Å². The van der Waals surface area contributed by atoms with Crippen molar-refractivity contribution in [3.05, 3.63) is 53.6 Å². The highest BCUT2D eigenvalue weighted by Crippen LogP contribution is 2.32. The molecular weight excluding hydrogens is 268 g/mol. The van der Waals surface area contributed by atoms with Gasteiger partial charge in [-0.05, 0) is 68.6 Å². The maximum absolute atomic E-state index is 5.84. The summed E-state index contributed by atoms with van der Waals surface area (Å²) < 4.78 is 5.84. The summed E-state index contributed by atoms with van der Waals surface area (Å²) in [6, 6.07) is 8.74. The van der Waals surface area contributed by atoms with Gasteiger partial charge < -0.3 is 4.74 Å². The summed E-state index contributed by atoms with van der Waals surface area (Å²) in [4.78, 5) is 0. The van der Waals surface area contributed by atoms with E-state index in [0.717, 1.165) is 18.3 Å². The van der Waals surface area contributed by atoms with E-state index in [1.54, 1.807) is 5.57 Å². The zero-order valence-electron chi connectivity index (χ0n) is 13.6. The lowest BCUT2D eigenvalue weighted by molar-refractivity contribution is 0.304. The molecule has 0 aliphatic heterocycles. The average molecular weight is 296 g/mol. The Labute approximate surface area is 135 Å². The smallest absolute Gasteiger partial charge is 0.119 e. The van der Waals surface area contributed by atoms with E-state index in [-0.39, 0.29) is 0 Å². The number of benzene rings is 1. The predicted molar refractivity (Wildman–Crippen MR) is 93.3 cm³/mol. The number of hydrogen-bond donors (Lipinski definition) is 0. The van der Waals surface area contributed by atoms with E-state index in [9.17, 15) is 0 Å². The molecule has 0 heterocycles. The van der Waals surface area contributed by atoms with Gasteiger partial charge in [-0.15, -0.1) is 0 Å². The van der Waals surface area contributed by atoms with Crippen molar-refractivity contribution < 1.29 is 4.74 Å². The molecule has 3 rings (SSSR count). The molecule has 0 N–H and O–H groups in total. The van der Waals surface area contributed by atoms with Crippen molar-refractivity contribution in [2.24, 2.45) is 5.92 Å². The normalized spacial score (nSPS) is 16.8. The summed E-state index contributed by atoms with van der Waals surface area (Å²) in [5, 5.41) is 0. The van der Waals surface area contributed by atoms with E-state index >= 15 is 0 Å². The summed E-state index contributed by atoms with van der Waals surface area (Å²) in [5.41, 5.74) is 3.06. The molecule has 0 atom stereocenters. The van der Waals surface area contributed by atoms with Gasteiger partial charge in [-0.2, -0.15) is 0 Å². The van der Waals surface area contributed by atoms with Crippen molar-refractivity contribution in [2.45, 2.75) is 57.8 Å². The first kappa shape index (κ1) is 15.4. The number of ether oxygens (including phenoxy) is 1. The van der Waals surface area contributed by atoms with Crippen LogP contribution in [0.3, 0.4) is 0 Å². The van der Waals surface area contributed by atoms with Crippen LogP contribution >= 0.6 is 0 Å². The quantitative estimate of drug-likeness (QED) is 0.492. The van der Waals surface area contributed by atoms with Gasteiger partial charge in [-0.25, -0.2) is 0 Å². The summed E-state index contributed by atoms with van der Waals surface area (Å²) >= 11 is 0. The Hall–Kier alpha value is -1.50. The second-order valence-corrected chi connectivity index (χ2v) is 6.76. The van der Waals surface area contributed by atoms with Crippen LogP contribution in [0.5, 0.6) is 5.75 Å². The minimum atomic E-state index is 0.853. The highest BCUT2D eigenvalue weighted by Gasteiger charge is 2.21. The van der Waals surface area contributed by atoms with Gasteiger partial charge >= 0.3 is 0 Å². The van der Waals surface area contributed by atoms with Gasteiger partial charge in [0.15, 0.2) is 0 Å². The molecule has 118 valence electrons. The van der Waals surface area contributed by atoms with E-state index in [4.69, 9.17) is 4.74 Å². The number of rotatable bonds is 10. The fraction of sp³-hybridized carbons (Fsp3) is 0.524. The molecule has 2 aliphatic rings. The summed E-state index contributed by atoms with van der Waals surface area (Å²) in [7, 11) is 0. The van der Waals surface area contributed by atoms with Gasteiger partial charge in [-0.3, -0.25) is 0 Å². The Balaban J connectivity index is 1.22. The Morgan fingerprint density at radius 3 is 2.50 bits per heavy atom. The van der Waals surface area contributed by atoms with E-state index in [1.807, 2.05) is 0 Å². The first-order valence-corrected chi connectivity index (χ1v) is 8.96. The van der Waals surface area contributed by atoms with Gasteiger partial charge in [-0.1, -0.05) is 48.8 Å². The predicted octanol–water partition coefficient (Wildman–Crippen LogP) is 5.85. The molecule has 1 nitrogen and oxygen atoms in total. The third-order valence-corrected chi connectivity index (χ3v) is 4.65. The molecule has 0 saturated heterocycles. The van der Waals surface area contributed by atoms with Crippen LogP contribution in [0.4, 0.5) is 0 Å². The number of allylic oxidation sites excluding steroid dienone is 4. The molecule has 1 fully saturated rings. The Morgan fingerprint density at radius 2 is 1.77 bits per heavy atom. The van der Waals surface area contributed by atoms with Gasteiger partial charge in [0.1, 0.15) is 5.75 Å². The highest BCUT2D eigenvalue weighted by molar-refractivity contribution is 5.27. The zero-order valence-corrected chi connectivity index (χ0v) is 13.6. The lowest BCUT2D eigenvalue weighted by Gasteiger charge is -2.07. The minimum Gasteiger partial charge on any atom is -0.494 e. The molecule has 0 aromatic heterocycles. The largest absolute Gasteiger partial charge is 0.494 e. The van der Waals surface area contributed by atoms with Gasteiger partial charge in [0, 0.05) is 0 Å². The Kier molecular flexibility index (Phi) is 5.75. The van der Waals surface area contributed by atoms with Crippen molar-refractivity contribution in [3.8, 4) is 5.75 Å². The van der Waals surface area contributed by atoms with Crippen LogP contribution in [-0.4, -0.2) is 6.61 Å². The molecule has 0 unspecified atom stereocenters. The van der Waals surface area contributed by atoms with Gasteiger partial charge in [0.05, 0.1) is 6.61 Å². The van der Waals surface area contributed by atoms with Gasteiger partial charge in [0.2, 0.25) is 0 Å². The Morgan fingerprint density at radius 1 is 0.955 bits per heavy atom. The van der Waals surface area contributed by atoms with Crippen LogP contribution < -0.4 is 4.74 Å². The maximum Gasteiger partial charge on any atom is 0.119 e. The van der Waals surface area contributed by atoms with Crippen molar-refractivity contribution in [1.29, 1.82) is 0 Å². The average Bonchev–Trinajstić information content (AvgIpc) is 3.20. The first-order valence-electron chi connectivity index (χ1n) is 8.96. The third-order valence-electron chi connectivity index (χ3n) is 4.65. The molecule has 1 aromatic rings. The van der Waals surface area contributed by atoms with Crippen LogP contribution in [0.15, 0.2) is 48.1 Å². The van der Waals surface area contributed by atoms with Crippen molar-refractivity contribution in [1.82, 2.24) is 0 Å². The summed E-state index contributed by atoms with van der Waals surface area (Å²) in [5.74, 6) is 1.99. The third kappa shape index (κ3) is 5.36. The van der Waals surface area contributed by atoms with Crippen molar-refractivity contribution in [2.75, 3.05) is 6.61 Å². The molecule has 0 spiro atoms. The molecule has 0 bridgehead atoms. The fourth-order valence-corrected chi connectivity index (χ4v) is 3.05. The number of unbranched alkanes of at least 4 members (excludes halogenated alkanes) is 3. The lowest BCUT2D eigenvalue weighted by atomic mass is 10.1. The van der Waals surface area contributed by atoms with Crippen molar-refractivity contribution in [3.63, 3.8) is 0 Å². The summed E-state index contributed by atoms with van der Waals surface area (Å²) in [6.07, 6.45) is 18.3. The molecule has 22 heavy (non-hydrogen) atoms. The highest BCUT2D eigenvalue weighted by atomic mass is 16.5. The van der Waals surface area contributed by atoms with Crippen LogP contribution in [0.25, 0.3) is 0 Å². The van der Waals surface area contributed by atoms with Crippen LogP contribution in [0.2, 0.25) is 0 Å². The lowest BCUT2D eigenvalue weighted by Crippen LogP contribution is -1.97. The molecule has 1 saturated carbocycles. The van der Waals surface area contributed by atoms with E-state index in [1.165, 1.54) is 63.4 Å². The molecule has 1 aromatic carbocycles. The molecule has 0 radical (unpaired) electrons. The standard InChI is InChI=1S/C21H28O/c1(3-7-18-8-4-5-9-18)2-6-16-22-21-14-12-20(13-15-21)17-19-10-11-19/h4-5,8,12-15,19H,1-3,6-7,9-11,16-17H2. The molecular formula is C21H28O. The second-order valence-electron chi connectivity index (χ2n) is 6.76. The zero-order chi connectivity index (χ0) is 15.0. The monoisotopic (exact) mass is 296 g/mol. The maximum atomic E-state index is 5.84. The molecule has 1 heteroatoms. The first-order chi connectivity index (χ1) is 10.9. The van der Waals surface area contributed by atoms with Crippen molar-refractivity contribution >= 4 is 0 Å². The molecule has 2 aliphatic carbocycles. The van der Waals surface area contributed by atoms with Crippen LogP contribution in [0, 0.1) is 5.92 Å². The summed E-state index contributed by atoms with van der Waals surface area (Å²) in [6.45, 7) is 0.853. The van der Waals surface area contributed by atoms with E-state index in [0.29, 0.717) is 0 Å². The molecule has 0 amide bonds.